The van der Waals surface area contributed by atoms with Crippen molar-refractivity contribution in [2.24, 2.45) is 5.73 Å². The van der Waals surface area contributed by atoms with Gasteiger partial charge in [0.2, 0.25) is 0 Å². The van der Waals surface area contributed by atoms with Gasteiger partial charge in [-0.25, -0.2) is 4.79 Å². The predicted molar refractivity (Wildman–Crippen MR) is 134 cm³/mol. The molecule has 0 spiro atoms. The van der Waals surface area contributed by atoms with Crippen molar-refractivity contribution in [2.75, 3.05) is 12.0 Å². The van der Waals surface area contributed by atoms with Crippen molar-refractivity contribution >= 4 is 44.0 Å². The zero-order chi connectivity index (χ0) is 24.0. The van der Waals surface area contributed by atoms with E-state index in [1.807, 2.05) is 29.2 Å². The number of ketones is 1. The number of Topliss-reactive ketones (excluding diaryl/α,β-unsaturated/α-hetero) is 1. The Morgan fingerprint density at radius 3 is 2.62 bits per heavy atom. The van der Waals surface area contributed by atoms with Gasteiger partial charge in [0, 0.05) is 27.0 Å². The SMILES string of the molecule is COC(=O)c1c(N2C(N)=C(C#N)C(c3ccc(Br)cc3)C3=C2CCCC3=O)sc2c1CCCC2. The summed E-state index contributed by atoms with van der Waals surface area (Å²) < 4.78 is 6.09. The molecule has 8 heteroatoms. The molecule has 0 saturated heterocycles. The molecule has 3 aliphatic rings. The average molecular weight is 538 g/mol. The average Bonchev–Trinajstić information content (AvgIpc) is 3.22. The maximum absolute atomic E-state index is 13.3. The van der Waals surface area contributed by atoms with Crippen molar-refractivity contribution in [3.05, 3.63) is 73.0 Å². The number of aryl methyl sites for hydroxylation is 1. The second-order valence-corrected chi connectivity index (χ2v) is 10.7. The van der Waals surface area contributed by atoms with Crippen LogP contribution in [0.3, 0.4) is 0 Å². The van der Waals surface area contributed by atoms with E-state index in [-0.39, 0.29) is 11.6 Å². The standard InChI is InChI=1S/C26H24BrN3O3S/c1-33-26(32)22-16-5-2-3-8-20(16)34-25(22)30-18-6-4-7-19(31)23(18)21(17(13-28)24(30)29)14-9-11-15(27)12-10-14/h9-12,21H,2-8,29H2,1H3. The number of nitrogens with zero attached hydrogens (tertiary/aromatic N) is 2. The molecule has 1 aliphatic heterocycles. The van der Waals surface area contributed by atoms with Gasteiger partial charge in [0.1, 0.15) is 10.8 Å². The lowest BCUT2D eigenvalue weighted by atomic mass is 9.75. The minimum absolute atomic E-state index is 0.0281. The van der Waals surface area contributed by atoms with Crippen LogP contribution in [0.5, 0.6) is 0 Å². The number of anilines is 1. The molecular formula is C26H24BrN3O3S. The number of nitriles is 1. The van der Waals surface area contributed by atoms with Crippen molar-refractivity contribution in [3.63, 3.8) is 0 Å². The molecule has 174 valence electrons. The van der Waals surface area contributed by atoms with Crippen molar-refractivity contribution in [2.45, 2.75) is 50.9 Å². The molecule has 1 aromatic heterocycles. The number of carbonyl (C=O) groups excluding carboxylic acids is 2. The summed E-state index contributed by atoms with van der Waals surface area (Å²) in [5, 5.41) is 10.9. The van der Waals surface area contributed by atoms with Crippen molar-refractivity contribution in [1.29, 1.82) is 5.26 Å². The Morgan fingerprint density at radius 1 is 1.18 bits per heavy atom. The fraction of sp³-hybridized carbons (Fsp3) is 0.346. The van der Waals surface area contributed by atoms with Crippen molar-refractivity contribution < 1.29 is 14.3 Å². The van der Waals surface area contributed by atoms with E-state index in [9.17, 15) is 14.9 Å². The number of fused-ring (bicyclic) bond motifs is 1. The molecule has 5 rings (SSSR count). The smallest absolute Gasteiger partial charge is 0.341 e. The normalized spacial score (nSPS) is 20.1. The first-order valence-corrected chi connectivity index (χ1v) is 13.0. The van der Waals surface area contributed by atoms with E-state index in [2.05, 4.69) is 22.0 Å². The Labute approximate surface area is 210 Å². The molecule has 0 bridgehead atoms. The molecule has 2 heterocycles. The van der Waals surface area contributed by atoms with E-state index in [1.165, 1.54) is 18.4 Å². The van der Waals surface area contributed by atoms with E-state index < -0.39 is 11.9 Å². The quantitative estimate of drug-likeness (QED) is 0.520. The summed E-state index contributed by atoms with van der Waals surface area (Å²) in [6.45, 7) is 0. The summed E-state index contributed by atoms with van der Waals surface area (Å²) in [6.07, 6.45) is 5.58. The van der Waals surface area contributed by atoms with Gasteiger partial charge in [-0.2, -0.15) is 5.26 Å². The highest BCUT2D eigenvalue weighted by molar-refractivity contribution is 9.10. The molecule has 2 aromatic rings. The van der Waals surface area contributed by atoms with Crippen LogP contribution in [0.25, 0.3) is 0 Å². The predicted octanol–water partition coefficient (Wildman–Crippen LogP) is 5.48. The van der Waals surface area contributed by atoms with Crippen LogP contribution in [-0.2, 0) is 22.4 Å². The van der Waals surface area contributed by atoms with Gasteiger partial charge in [0.25, 0.3) is 0 Å². The molecular weight excluding hydrogens is 514 g/mol. The topological polar surface area (TPSA) is 96.4 Å². The number of allylic oxidation sites excluding steroid dienone is 3. The maximum atomic E-state index is 13.3. The summed E-state index contributed by atoms with van der Waals surface area (Å²) in [5.41, 5.74) is 10.9. The summed E-state index contributed by atoms with van der Waals surface area (Å²) in [7, 11) is 1.38. The summed E-state index contributed by atoms with van der Waals surface area (Å²) in [5.74, 6) is -0.610. The molecule has 0 radical (unpaired) electrons. The number of thiophene rings is 1. The van der Waals surface area contributed by atoms with Crippen LogP contribution in [0, 0.1) is 11.3 Å². The van der Waals surface area contributed by atoms with E-state index in [1.54, 1.807) is 0 Å². The Balaban J connectivity index is 1.77. The Bertz CT molecular complexity index is 1300. The Morgan fingerprint density at radius 2 is 1.91 bits per heavy atom. The highest BCUT2D eigenvalue weighted by atomic mass is 79.9. The van der Waals surface area contributed by atoms with Gasteiger partial charge >= 0.3 is 5.97 Å². The van der Waals surface area contributed by atoms with Crippen LogP contribution in [0.4, 0.5) is 5.00 Å². The largest absolute Gasteiger partial charge is 0.465 e. The second-order valence-electron chi connectivity index (χ2n) is 8.75. The number of esters is 1. The number of rotatable bonds is 3. The minimum Gasteiger partial charge on any atom is -0.465 e. The molecule has 0 fully saturated rings. The highest BCUT2D eigenvalue weighted by Gasteiger charge is 2.42. The molecule has 1 aromatic carbocycles. The summed E-state index contributed by atoms with van der Waals surface area (Å²) in [4.78, 5) is 29.3. The second kappa shape index (κ2) is 9.05. The minimum atomic E-state index is -0.520. The van der Waals surface area contributed by atoms with Gasteiger partial charge in [-0.15, -0.1) is 11.3 Å². The molecule has 0 saturated carbocycles. The summed E-state index contributed by atoms with van der Waals surface area (Å²) in [6, 6.07) is 9.95. The number of ether oxygens (including phenoxy) is 1. The van der Waals surface area contributed by atoms with Gasteiger partial charge in [-0.05, 0) is 61.8 Å². The number of hydrogen-bond acceptors (Lipinski definition) is 7. The monoisotopic (exact) mass is 537 g/mol. The lowest BCUT2D eigenvalue weighted by Gasteiger charge is -2.39. The lowest BCUT2D eigenvalue weighted by molar-refractivity contribution is -0.116. The number of hydrogen-bond donors (Lipinski definition) is 1. The Hall–Kier alpha value is -2.89. The first-order chi connectivity index (χ1) is 16.5. The van der Waals surface area contributed by atoms with Crippen molar-refractivity contribution in [3.8, 4) is 6.07 Å². The Kier molecular flexibility index (Phi) is 6.09. The van der Waals surface area contributed by atoms with Gasteiger partial charge in [-0.3, -0.25) is 9.69 Å². The van der Waals surface area contributed by atoms with Gasteiger partial charge in [0.05, 0.1) is 30.2 Å². The third-order valence-electron chi connectivity index (χ3n) is 6.86. The number of nitrogens with two attached hydrogens (primary N) is 1. The third kappa shape index (κ3) is 3.58. The molecule has 2 N–H and O–H groups in total. The van der Waals surface area contributed by atoms with Gasteiger partial charge < -0.3 is 10.5 Å². The number of benzene rings is 1. The number of carbonyl (C=O) groups is 2. The first-order valence-electron chi connectivity index (χ1n) is 11.4. The lowest BCUT2D eigenvalue weighted by Crippen LogP contribution is -2.39. The molecule has 0 amide bonds. The van der Waals surface area contributed by atoms with Crippen LogP contribution in [0.1, 0.15) is 64.4 Å². The fourth-order valence-corrected chi connectivity index (χ4v) is 7.01. The third-order valence-corrected chi connectivity index (χ3v) is 8.67. The summed E-state index contributed by atoms with van der Waals surface area (Å²) >= 11 is 4.99. The van der Waals surface area contributed by atoms with Gasteiger partial charge in [-0.1, -0.05) is 28.1 Å². The molecule has 1 unspecified atom stereocenters. The molecule has 2 aliphatic carbocycles. The van der Waals surface area contributed by atoms with Crippen LogP contribution in [0.15, 0.2) is 51.4 Å². The van der Waals surface area contributed by atoms with Crippen LogP contribution >= 0.6 is 27.3 Å². The van der Waals surface area contributed by atoms with Crippen LogP contribution in [0.2, 0.25) is 0 Å². The van der Waals surface area contributed by atoms with Crippen molar-refractivity contribution in [1.82, 2.24) is 0 Å². The van der Waals surface area contributed by atoms with E-state index in [0.717, 1.165) is 51.9 Å². The number of halogens is 1. The fourth-order valence-electron chi connectivity index (χ4n) is 5.33. The van der Waals surface area contributed by atoms with E-state index in [4.69, 9.17) is 10.5 Å². The van der Waals surface area contributed by atoms with E-state index in [0.29, 0.717) is 41.0 Å². The van der Waals surface area contributed by atoms with E-state index >= 15 is 0 Å². The van der Waals surface area contributed by atoms with Gasteiger partial charge in [0.15, 0.2) is 5.78 Å². The molecule has 6 nitrogen and oxygen atoms in total. The zero-order valence-corrected chi connectivity index (χ0v) is 21.2. The van der Waals surface area contributed by atoms with Crippen LogP contribution in [-0.4, -0.2) is 18.9 Å². The number of methoxy groups -OCH3 is 1. The van der Waals surface area contributed by atoms with Crippen LogP contribution < -0.4 is 10.6 Å². The highest BCUT2D eigenvalue weighted by Crippen LogP contribution is 2.50. The zero-order valence-electron chi connectivity index (χ0n) is 18.8. The molecule has 1 atom stereocenters. The maximum Gasteiger partial charge on any atom is 0.341 e. The first kappa shape index (κ1) is 22.9. The molecule has 34 heavy (non-hydrogen) atoms.